The van der Waals surface area contributed by atoms with E-state index in [0.717, 1.165) is 24.5 Å². The summed E-state index contributed by atoms with van der Waals surface area (Å²) < 4.78 is 13.5. The van der Waals surface area contributed by atoms with Crippen molar-refractivity contribution in [2.45, 2.75) is 6.92 Å². The highest BCUT2D eigenvalue weighted by Gasteiger charge is 2.10. The van der Waals surface area contributed by atoms with Crippen LogP contribution in [-0.4, -0.2) is 28.9 Å². The number of hydrazone groups is 1. The average Bonchev–Trinajstić information content (AvgIpc) is 3.10. The minimum absolute atomic E-state index is 0.170. The van der Waals surface area contributed by atoms with Crippen molar-refractivity contribution in [2.75, 3.05) is 6.61 Å². The highest BCUT2D eigenvalue weighted by Crippen LogP contribution is 2.34. The molecule has 1 amide bonds. The van der Waals surface area contributed by atoms with Crippen molar-refractivity contribution in [1.29, 1.82) is 0 Å². The first-order valence-corrected chi connectivity index (χ1v) is 10.3. The molecule has 0 aliphatic heterocycles. The topological polar surface area (TPSA) is 89.6 Å². The number of benzene rings is 2. The molecule has 10 heteroatoms. The Morgan fingerprint density at radius 2 is 1.86 bits per heavy atom. The molecule has 3 aromatic rings. The molecule has 3 rings (SSSR count). The van der Waals surface area contributed by atoms with Crippen LogP contribution in [0.5, 0.6) is 5.75 Å². The van der Waals surface area contributed by atoms with Crippen molar-refractivity contribution in [1.82, 2.24) is 15.6 Å². The number of hydrogen-bond acceptors (Lipinski definition) is 6. The van der Waals surface area contributed by atoms with E-state index < -0.39 is 5.91 Å². The first kappa shape index (κ1) is 20.7. The summed E-state index contributed by atoms with van der Waals surface area (Å²) in [6.45, 7) is 1.76. The number of aryl methyl sites for hydroxylation is 1. The average molecular weight is 573 g/mol. The van der Waals surface area contributed by atoms with Gasteiger partial charge in [-0.05, 0) is 80.7 Å². The number of rotatable bonds is 6. The standard InChI is InChI=1S/C18H13Br3N4O3/c1-10-6-13(20)17(14(21)7-10)27-9-15(26)23-22-8-16-24-25-18(28-16)11-2-4-12(19)5-3-11/h2-8H,9H2,1H3,(H,23,26). The Morgan fingerprint density at radius 3 is 2.54 bits per heavy atom. The van der Waals surface area contributed by atoms with Gasteiger partial charge in [-0.15, -0.1) is 10.2 Å². The maximum atomic E-state index is 11.9. The molecule has 0 atom stereocenters. The number of carbonyl (C=O) groups excluding carboxylic acids is 1. The number of ether oxygens (including phenoxy) is 1. The third-order valence-electron chi connectivity index (χ3n) is 3.39. The van der Waals surface area contributed by atoms with Gasteiger partial charge in [0.2, 0.25) is 5.89 Å². The molecular formula is C18H13Br3N4O3. The Balaban J connectivity index is 1.54. The first-order chi connectivity index (χ1) is 13.4. The smallest absolute Gasteiger partial charge is 0.277 e. The molecular weight excluding hydrogens is 560 g/mol. The highest BCUT2D eigenvalue weighted by atomic mass is 79.9. The fourth-order valence-corrected chi connectivity index (χ4v) is 4.06. The lowest BCUT2D eigenvalue weighted by Crippen LogP contribution is -2.24. The predicted octanol–water partition coefficient (Wildman–Crippen LogP) is 4.86. The van der Waals surface area contributed by atoms with Crippen LogP contribution in [0.2, 0.25) is 0 Å². The van der Waals surface area contributed by atoms with Gasteiger partial charge in [0.25, 0.3) is 11.8 Å². The molecule has 0 aliphatic carbocycles. The van der Waals surface area contributed by atoms with Gasteiger partial charge in [-0.1, -0.05) is 15.9 Å². The second-order valence-corrected chi connectivity index (χ2v) is 8.22. The summed E-state index contributed by atoms with van der Waals surface area (Å²) >= 11 is 10.2. The zero-order valence-corrected chi connectivity index (χ0v) is 19.2. The molecule has 1 heterocycles. The third-order valence-corrected chi connectivity index (χ3v) is 5.09. The summed E-state index contributed by atoms with van der Waals surface area (Å²) in [6, 6.07) is 11.2. The van der Waals surface area contributed by atoms with Gasteiger partial charge in [0, 0.05) is 10.0 Å². The zero-order valence-electron chi connectivity index (χ0n) is 14.4. The zero-order chi connectivity index (χ0) is 20.1. The molecule has 2 aromatic carbocycles. The lowest BCUT2D eigenvalue weighted by molar-refractivity contribution is -0.123. The quantitative estimate of drug-likeness (QED) is 0.336. The number of amides is 1. The maximum Gasteiger partial charge on any atom is 0.277 e. The lowest BCUT2D eigenvalue weighted by Gasteiger charge is -2.10. The molecule has 0 saturated heterocycles. The molecule has 0 saturated carbocycles. The lowest BCUT2D eigenvalue weighted by atomic mass is 10.2. The van der Waals surface area contributed by atoms with E-state index in [4.69, 9.17) is 9.15 Å². The number of carbonyl (C=O) groups is 1. The molecule has 0 unspecified atom stereocenters. The Labute approximate surface area is 186 Å². The van der Waals surface area contributed by atoms with E-state index in [1.807, 2.05) is 43.3 Å². The Hall–Kier alpha value is -2.04. The van der Waals surface area contributed by atoms with Crippen molar-refractivity contribution >= 4 is 59.9 Å². The predicted molar refractivity (Wildman–Crippen MR) is 115 cm³/mol. The summed E-state index contributed by atoms with van der Waals surface area (Å²) in [5, 5.41) is 11.6. The van der Waals surface area contributed by atoms with E-state index >= 15 is 0 Å². The molecule has 0 radical (unpaired) electrons. The molecule has 7 nitrogen and oxygen atoms in total. The molecule has 28 heavy (non-hydrogen) atoms. The molecule has 0 bridgehead atoms. The molecule has 1 N–H and O–H groups in total. The van der Waals surface area contributed by atoms with E-state index in [-0.39, 0.29) is 12.5 Å². The van der Waals surface area contributed by atoms with Gasteiger partial charge in [-0.3, -0.25) is 4.79 Å². The molecule has 0 spiro atoms. The van der Waals surface area contributed by atoms with Crippen molar-refractivity contribution in [3.8, 4) is 17.2 Å². The Bertz CT molecular complexity index is 996. The monoisotopic (exact) mass is 570 g/mol. The van der Waals surface area contributed by atoms with Gasteiger partial charge in [-0.2, -0.15) is 5.10 Å². The van der Waals surface area contributed by atoms with Crippen LogP contribution < -0.4 is 10.2 Å². The second kappa shape index (κ2) is 9.44. The number of nitrogens with one attached hydrogen (secondary N) is 1. The highest BCUT2D eigenvalue weighted by molar-refractivity contribution is 9.11. The van der Waals surface area contributed by atoms with Crippen molar-refractivity contribution < 1.29 is 13.9 Å². The SMILES string of the molecule is Cc1cc(Br)c(OCC(=O)NN=Cc2nnc(-c3ccc(Br)cc3)o2)c(Br)c1. The van der Waals surface area contributed by atoms with E-state index in [2.05, 4.69) is 68.5 Å². The number of halogens is 3. The first-order valence-electron chi connectivity index (χ1n) is 7.92. The van der Waals surface area contributed by atoms with Crippen LogP contribution in [0, 0.1) is 6.92 Å². The van der Waals surface area contributed by atoms with Crippen LogP contribution in [-0.2, 0) is 4.79 Å². The Morgan fingerprint density at radius 1 is 1.18 bits per heavy atom. The molecule has 1 aromatic heterocycles. The van der Waals surface area contributed by atoms with E-state index in [1.165, 1.54) is 6.21 Å². The van der Waals surface area contributed by atoms with Crippen LogP contribution in [0.1, 0.15) is 11.5 Å². The third kappa shape index (κ3) is 5.49. The Kier molecular flexibility index (Phi) is 6.97. The van der Waals surface area contributed by atoms with Gasteiger partial charge < -0.3 is 9.15 Å². The summed E-state index contributed by atoms with van der Waals surface area (Å²) in [7, 11) is 0. The van der Waals surface area contributed by atoms with E-state index in [9.17, 15) is 4.79 Å². The minimum Gasteiger partial charge on any atom is -0.481 e. The van der Waals surface area contributed by atoms with E-state index in [0.29, 0.717) is 11.6 Å². The van der Waals surface area contributed by atoms with Crippen LogP contribution in [0.15, 0.2) is 59.3 Å². The van der Waals surface area contributed by atoms with Gasteiger partial charge in [0.05, 0.1) is 8.95 Å². The summed E-state index contributed by atoms with van der Waals surface area (Å²) in [6.07, 6.45) is 1.27. The summed E-state index contributed by atoms with van der Waals surface area (Å²) in [5.74, 6) is 0.643. The second-order valence-electron chi connectivity index (χ2n) is 5.59. The molecule has 144 valence electrons. The van der Waals surface area contributed by atoms with E-state index in [1.54, 1.807) is 0 Å². The summed E-state index contributed by atoms with van der Waals surface area (Å²) in [5.41, 5.74) is 4.19. The fraction of sp³-hybridized carbons (Fsp3) is 0.111. The van der Waals surface area contributed by atoms with Crippen LogP contribution >= 0.6 is 47.8 Å². The largest absolute Gasteiger partial charge is 0.481 e. The van der Waals surface area contributed by atoms with Crippen LogP contribution in [0.25, 0.3) is 11.5 Å². The fourth-order valence-electron chi connectivity index (χ4n) is 2.15. The van der Waals surface area contributed by atoms with Gasteiger partial charge in [0.1, 0.15) is 12.0 Å². The maximum absolute atomic E-state index is 11.9. The number of nitrogens with zero attached hydrogens (tertiary/aromatic N) is 3. The van der Waals surface area contributed by atoms with Crippen LogP contribution in [0.3, 0.4) is 0 Å². The van der Waals surface area contributed by atoms with Gasteiger partial charge in [0.15, 0.2) is 6.61 Å². The number of hydrogen-bond donors (Lipinski definition) is 1. The van der Waals surface area contributed by atoms with Gasteiger partial charge >= 0.3 is 0 Å². The van der Waals surface area contributed by atoms with Crippen molar-refractivity contribution in [3.63, 3.8) is 0 Å². The van der Waals surface area contributed by atoms with Crippen molar-refractivity contribution in [3.05, 3.63) is 61.3 Å². The number of aromatic nitrogens is 2. The minimum atomic E-state index is -0.428. The van der Waals surface area contributed by atoms with Crippen LogP contribution in [0.4, 0.5) is 0 Å². The normalized spacial score (nSPS) is 11.0. The molecule has 0 aliphatic rings. The summed E-state index contributed by atoms with van der Waals surface area (Å²) in [4.78, 5) is 11.9. The molecule has 0 fully saturated rings. The van der Waals surface area contributed by atoms with Crippen molar-refractivity contribution in [2.24, 2.45) is 5.10 Å². The van der Waals surface area contributed by atoms with Gasteiger partial charge in [-0.25, -0.2) is 5.43 Å².